The van der Waals surface area contributed by atoms with Gasteiger partial charge in [0.05, 0.1) is 10.6 Å². The highest BCUT2D eigenvalue weighted by atomic mass is 32.2. The number of carbonyl (C=O) groups excluding carboxylic acids is 1. The summed E-state index contributed by atoms with van der Waals surface area (Å²) in [6.07, 6.45) is 0. The van der Waals surface area contributed by atoms with Crippen molar-refractivity contribution in [3.63, 3.8) is 0 Å². The molecule has 1 saturated heterocycles. The van der Waals surface area contributed by atoms with E-state index in [-0.39, 0.29) is 10.8 Å². The van der Waals surface area contributed by atoms with Crippen LogP contribution >= 0.6 is 11.8 Å². The highest BCUT2D eigenvalue weighted by Crippen LogP contribution is 2.24. The molecule has 0 atom stereocenters. The first-order valence-corrected chi connectivity index (χ1v) is 4.18. The molecule has 1 heterocycles. The molecule has 3 nitrogen and oxygen atoms in total. The highest BCUT2D eigenvalue weighted by Gasteiger charge is 2.28. The summed E-state index contributed by atoms with van der Waals surface area (Å²) in [7, 11) is 1.75. The molecule has 0 radical (unpaired) electrons. The van der Waals surface area contributed by atoms with Crippen LogP contribution in [0.5, 0.6) is 0 Å². The first-order chi connectivity index (χ1) is 4.51. The lowest BCUT2D eigenvalue weighted by Crippen LogP contribution is -2.54. The van der Waals surface area contributed by atoms with Gasteiger partial charge in [-0.05, 0) is 13.8 Å². The minimum atomic E-state index is 0.00264. The number of thioether (sulfide) groups is 1. The number of hydrogen-bond donors (Lipinski definition) is 1. The van der Waals surface area contributed by atoms with Crippen LogP contribution in [0.1, 0.15) is 13.8 Å². The molecule has 0 bridgehead atoms. The monoisotopic (exact) mass is 160 g/mol. The van der Waals surface area contributed by atoms with Crippen molar-refractivity contribution in [2.45, 2.75) is 18.7 Å². The standard InChI is InChI=1S/C6H12N2OS/c1-6(2)7-8(3)5(9)4-10-6/h7H,4H2,1-3H3. The van der Waals surface area contributed by atoms with E-state index < -0.39 is 0 Å². The number of rotatable bonds is 0. The highest BCUT2D eigenvalue weighted by molar-refractivity contribution is 8.01. The summed E-state index contributed by atoms with van der Waals surface area (Å²) in [5.41, 5.74) is 3.05. The van der Waals surface area contributed by atoms with E-state index in [1.54, 1.807) is 23.8 Å². The van der Waals surface area contributed by atoms with Crippen LogP contribution in [-0.4, -0.2) is 28.6 Å². The zero-order valence-electron chi connectivity index (χ0n) is 6.47. The van der Waals surface area contributed by atoms with Crippen LogP contribution in [0.25, 0.3) is 0 Å². The van der Waals surface area contributed by atoms with Gasteiger partial charge in [-0.2, -0.15) is 0 Å². The van der Waals surface area contributed by atoms with Crippen molar-refractivity contribution in [3.05, 3.63) is 0 Å². The fourth-order valence-electron chi connectivity index (χ4n) is 0.837. The van der Waals surface area contributed by atoms with Gasteiger partial charge in [-0.25, -0.2) is 5.43 Å². The van der Waals surface area contributed by atoms with Gasteiger partial charge in [-0.3, -0.25) is 9.80 Å². The Balaban J connectivity index is 2.57. The second kappa shape index (κ2) is 2.43. The summed E-state index contributed by atoms with van der Waals surface area (Å²) in [4.78, 5) is 10.9. The van der Waals surface area contributed by atoms with Gasteiger partial charge in [0.1, 0.15) is 0 Å². The minimum Gasteiger partial charge on any atom is -0.279 e. The fourth-order valence-corrected chi connectivity index (χ4v) is 1.72. The van der Waals surface area contributed by atoms with Crippen molar-refractivity contribution in [1.29, 1.82) is 0 Å². The van der Waals surface area contributed by atoms with Gasteiger partial charge >= 0.3 is 0 Å². The fraction of sp³-hybridized carbons (Fsp3) is 0.833. The summed E-state index contributed by atoms with van der Waals surface area (Å²) in [5.74, 6) is 0.723. The van der Waals surface area contributed by atoms with Crippen molar-refractivity contribution in [2.75, 3.05) is 12.8 Å². The summed E-state index contributed by atoms with van der Waals surface area (Å²) < 4.78 is 0. The van der Waals surface area contributed by atoms with E-state index in [2.05, 4.69) is 19.3 Å². The molecule has 1 rings (SSSR count). The van der Waals surface area contributed by atoms with Crippen molar-refractivity contribution in [3.8, 4) is 0 Å². The molecule has 0 spiro atoms. The molecule has 1 aliphatic rings. The van der Waals surface area contributed by atoms with Crippen LogP contribution in [0.2, 0.25) is 0 Å². The molecule has 1 N–H and O–H groups in total. The van der Waals surface area contributed by atoms with Gasteiger partial charge in [-0.1, -0.05) is 0 Å². The summed E-state index contributed by atoms with van der Waals surface area (Å²) in [5, 5.41) is 1.55. The SMILES string of the molecule is CN1NC(C)(C)SCC1=O. The van der Waals surface area contributed by atoms with Crippen LogP contribution < -0.4 is 5.43 Å². The van der Waals surface area contributed by atoms with E-state index in [0.717, 1.165) is 0 Å². The maximum Gasteiger partial charge on any atom is 0.246 e. The lowest BCUT2D eigenvalue weighted by atomic mass is 10.4. The van der Waals surface area contributed by atoms with Crippen LogP contribution in [0.15, 0.2) is 0 Å². The third kappa shape index (κ3) is 1.64. The molecule has 1 aliphatic heterocycles. The van der Waals surface area contributed by atoms with Gasteiger partial charge in [0.15, 0.2) is 0 Å². The molecule has 1 amide bonds. The van der Waals surface area contributed by atoms with Crippen LogP contribution in [-0.2, 0) is 4.79 Å². The molecule has 0 aromatic carbocycles. The van der Waals surface area contributed by atoms with E-state index in [9.17, 15) is 4.79 Å². The smallest absolute Gasteiger partial charge is 0.246 e. The Morgan fingerprint density at radius 2 is 2.30 bits per heavy atom. The number of amides is 1. The zero-order valence-corrected chi connectivity index (χ0v) is 7.29. The molecule has 10 heavy (non-hydrogen) atoms. The van der Waals surface area contributed by atoms with Crippen LogP contribution in [0, 0.1) is 0 Å². The number of hydrazine groups is 1. The molecule has 58 valence electrons. The Labute approximate surface area is 65.1 Å². The average molecular weight is 160 g/mol. The summed E-state index contributed by atoms with van der Waals surface area (Å²) in [6, 6.07) is 0. The molecule has 0 unspecified atom stereocenters. The van der Waals surface area contributed by atoms with Gasteiger partial charge in [-0.15, -0.1) is 11.8 Å². The Bertz CT molecular complexity index is 158. The van der Waals surface area contributed by atoms with Crippen molar-refractivity contribution >= 4 is 17.7 Å². The Morgan fingerprint density at radius 3 is 2.70 bits per heavy atom. The van der Waals surface area contributed by atoms with Gasteiger partial charge in [0, 0.05) is 7.05 Å². The largest absolute Gasteiger partial charge is 0.279 e. The third-order valence-electron chi connectivity index (χ3n) is 1.37. The predicted molar refractivity (Wildman–Crippen MR) is 42.4 cm³/mol. The van der Waals surface area contributed by atoms with Crippen molar-refractivity contribution < 1.29 is 4.79 Å². The van der Waals surface area contributed by atoms with Gasteiger partial charge < -0.3 is 0 Å². The number of hydrogen-bond acceptors (Lipinski definition) is 3. The lowest BCUT2D eigenvalue weighted by Gasteiger charge is -2.36. The Kier molecular flexibility index (Phi) is 1.92. The Hall–Kier alpha value is -0.220. The van der Waals surface area contributed by atoms with Crippen LogP contribution in [0.3, 0.4) is 0 Å². The van der Waals surface area contributed by atoms with E-state index in [1.165, 1.54) is 0 Å². The molecular weight excluding hydrogens is 148 g/mol. The molecule has 0 aromatic rings. The predicted octanol–water partition coefficient (Wildman–Crippen LogP) is 0.432. The first-order valence-electron chi connectivity index (χ1n) is 3.19. The van der Waals surface area contributed by atoms with E-state index >= 15 is 0 Å². The van der Waals surface area contributed by atoms with Crippen LogP contribution in [0.4, 0.5) is 0 Å². The molecule has 1 fully saturated rings. The van der Waals surface area contributed by atoms with Gasteiger partial charge in [0.2, 0.25) is 5.91 Å². The zero-order chi connectivity index (χ0) is 7.78. The number of carbonyl (C=O) groups is 1. The third-order valence-corrected chi connectivity index (χ3v) is 2.57. The maximum atomic E-state index is 10.9. The summed E-state index contributed by atoms with van der Waals surface area (Å²) in [6.45, 7) is 4.11. The summed E-state index contributed by atoms with van der Waals surface area (Å²) >= 11 is 1.63. The molecule has 0 aliphatic carbocycles. The molecule has 0 aromatic heterocycles. The minimum absolute atomic E-state index is 0.00264. The van der Waals surface area contributed by atoms with Crippen molar-refractivity contribution in [2.24, 2.45) is 0 Å². The van der Waals surface area contributed by atoms with Gasteiger partial charge in [0.25, 0.3) is 0 Å². The van der Waals surface area contributed by atoms with E-state index in [4.69, 9.17) is 0 Å². The number of nitrogens with zero attached hydrogens (tertiary/aromatic N) is 1. The normalized spacial score (nSPS) is 25.1. The quantitative estimate of drug-likeness (QED) is 0.558. The average Bonchev–Trinajstić information content (AvgIpc) is 1.79. The number of nitrogens with one attached hydrogen (secondary N) is 1. The van der Waals surface area contributed by atoms with E-state index in [0.29, 0.717) is 5.75 Å². The molecule has 0 saturated carbocycles. The molecular formula is C6H12N2OS. The topological polar surface area (TPSA) is 32.3 Å². The van der Waals surface area contributed by atoms with Crippen molar-refractivity contribution in [1.82, 2.24) is 10.4 Å². The van der Waals surface area contributed by atoms with E-state index in [1.807, 2.05) is 0 Å². The molecule has 4 heteroatoms. The second-order valence-electron chi connectivity index (χ2n) is 2.86. The Morgan fingerprint density at radius 1 is 1.70 bits per heavy atom. The maximum absolute atomic E-state index is 10.9. The first kappa shape index (κ1) is 7.88. The second-order valence-corrected chi connectivity index (χ2v) is 4.46. The lowest BCUT2D eigenvalue weighted by molar-refractivity contribution is -0.131.